The van der Waals surface area contributed by atoms with Crippen LogP contribution in [0.15, 0.2) is 47.4 Å². The molecule has 1 atom stereocenters. The predicted molar refractivity (Wildman–Crippen MR) is 116 cm³/mol. The second kappa shape index (κ2) is 10.3. The Bertz CT molecular complexity index is 1030. The lowest BCUT2D eigenvalue weighted by atomic mass is 10.2. The molecule has 0 saturated heterocycles. The molecule has 0 heterocycles. The van der Waals surface area contributed by atoms with Gasteiger partial charge in [0.25, 0.3) is 5.91 Å². The molecule has 0 fully saturated rings. The molecular weight excluding hydrogens is 451 g/mol. The molecule has 2 rings (SSSR count). The maximum Gasteiger partial charge on any atom is 0.340 e. The number of para-hydroxylation sites is 1. The number of nitrogens with one attached hydrogen (secondary N) is 2. The number of anilines is 1. The second-order valence-corrected chi connectivity index (χ2v) is 9.46. The number of sulfonamides is 1. The lowest BCUT2D eigenvalue weighted by molar-refractivity contribution is -0.123. The number of hydrogen-bond donors (Lipinski definition) is 2. The van der Waals surface area contributed by atoms with Gasteiger partial charge in [-0.25, -0.2) is 17.9 Å². The molecule has 0 aliphatic heterocycles. The summed E-state index contributed by atoms with van der Waals surface area (Å²) in [4.78, 5) is 24.5. The van der Waals surface area contributed by atoms with E-state index in [4.69, 9.17) is 27.9 Å². The normalized spacial score (nSPS) is 12.5. The van der Waals surface area contributed by atoms with E-state index in [-0.39, 0.29) is 33.0 Å². The Kier molecular flexibility index (Phi) is 8.25. The van der Waals surface area contributed by atoms with E-state index in [1.807, 2.05) is 13.8 Å². The van der Waals surface area contributed by atoms with Crippen molar-refractivity contribution in [3.05, 3.63) is 58.1 Å². The van der Waals surface area contributed by atoms with Gasteiger partial charge in [0, 0.05) is 12.2 Å². The zero-order valence-electron chi connectivity index (χ0n) is 16.6. The van der Waals surface area contributed by atoms with E-state index in [1.54, 1.807) is 30.3 Å². The third kappa shape index (κ3) is 6.43. The van der Waals surface area contributed by atoms with Crippen LogP contribution in [0.5, 0.6) is 0 Å². The van der Waals surface area contributed by atoms with Crippen molar-refractivity contribution in [1.82, 2.24) is 4.72 Å². The number of hydrogen-bond acceptors (Lipinski definition) is 5. The van der Waals surface area contributed by atoms with E-state index in [9.17, 15) is 18.0 Å². The van der Waals surface area contributed by atoms with Crippen LogP contribution < -0.4 is 10.0 Å². The van der Waals surface area contributed by atoms with Crippen molar-refractivity contribution in [2.45, 2.75) is 31.8 Å². The summed E-state index contributed by atoms with van der Waals surface area (Å²) in [6.45, 7) is 5.27. The van der Waals surface area contributed by atoms with Gasteiger partial charge in [0.2, 0.25) is 10.0 Å². The third-order valence-corrected chi connectivity index (χ3v) is 6.11. The molecular formula is C20H22Cl2N2O5S. The Balaban J connectivity index is 2.19. The fourth-order valence-electron chi connectivity index (χ4n) is 2.29. The summed E-state index contributed by atoms with van der Waals surface area (Å²) in [6, 6.07) is 10.8. The third-order valence-electron chi connectivity index (χ3n) is 3.91. The van der Waals surface area contributed by atoms with Gasteiger partial charge < -0.3 is 10.1 Å². The monoisotopic (exact) mass is 472 g/mol. The van der Waals surface area contributed by atoms with Crippen molar-refractivity contribution in [1.29, 1.82) is 0 Å². The van der Waals surface area contributed by atoms with Crippen molar-refractivity contribution in [2.75, 3.05) is 11.9 Å². The molecule has 0 unspecified atom stereocenters. The minimum absolute atomic E-state index is 0.0688. The van der Waals surface area contributed by atoms with Crippen molar-refractivity contribution < 1.29 is 22.7 Å². The number of ether oxygens (including phenoxy) is 1. The van der Waals surface area contributed by atoms with Crippen LogP contribution in [0.2, 0.25) is 10.0 Å². The Morgan fingerprint density at radius 2 is 1.67 bits per heavy atom. The van der Waals surface area contributed by atoms with E-state index in [0.29, 0.717) is 5.69 Å². The molecule has 10 heteroatoms. The summed E-state index contributed by atoms with van der Waals surface area (Å²) in [6.07, 6.45) is -1.15. The molecule has 0 spiro atoms. The van der Waals surface area contributed by atoms with Gasteiger partial charge in [-0.05, 0) is 37.1 Å². The van der Waals surface area contributed by atoms with Crippen LogP contribution in [0, 0.1) is 5.92 Å². The van der Waals surface area contributed by atoms with Gasteiger partial charge >= 0.3 is 5.97 Å². The Morgan fingerprint density at radius 3 is 2.27 bits per heavy atom. The number of rotatable bonds is 8. The number of esters is 1. The van der Waals surface area contributed by atoms with E-state index in [2.05, 4.69) is 10.0 Å². The summed E-state index contributed by atoms with van der Waals surface area (Å²) in [7, 11) is -3.97. The van der Waals surface area contributed by atoms with Gasteiger partial charge in [-0.15, -0.1) is 0 Å². The van der Waals surface area contributed by atoms with Crippen LogP contribution in [0.3, 0.4) is 0 Å². The molecule has 7 nitrogen and oxygen atoms in total. The zero-order chi connectivity index (χ0) is 22.5. The summed E-state index contributed by atoms with van der Waals surface area (Å²) in [5, 5.41) is 2.38. The number of amides is 1. The molecule has 0 aliphatic rings. The van der Waals surface area contributed by atoms with E-state index < -0.39 is 28.0 Å². The molecule has 2 N–H and O–H groups in total. The van der Waals surface area contributed by atoms with Crippen LogP contribution in [0.4, 0.5) is 5.69 Å². The number of halogens is 2. The second-order valence-electron chi connectivity index (χ2n) is 6.91. The summed E-state index contributed by atoms with van der Waals surface area (Å²) in [5.74, 6) is -1.43. The predicted octanol–water partition coefficient (Wildman–Crippen LogP) is 4.11. The SMILES string of the molecule is CC(C)CNS(=O)(=O)c1cc(C(=O)O[C@@H](C)C(=O)Nc2ccccc2)c(Cl)cc1Cl. The minimum atomic E-state index is -3.97. The molecule has 0 saturated carbocycles. The van der Waals surface area contributed by atoms with Crippen LogP contribution in [-0.4, -0.2) is 32.9 Å². The summed E-state index contributed by atoms with van der Waals surface area (Å²) < 4.78 is 32.6. The molecule has 0 aromatic heterocycles. The highest BCUT2D eigenvalue weighted by Crippen LogP contribution is 2.29. The number of carbonyl (C=O) groups excluding carboxylic acids is 2. The molecule has 0 bridgehead atoms. The van der Waals surface area contributed by atoms with Crippen LogP contribution >= 0.6 is 23.2 Å². The van der Waals surface area contributed by atoms with E-state index in [0.717, 1.165) is 12.1 Å². The fourth-order valence-corrected chi connectivity index (χ4v) is 4.35. The van der Waals surface area contributed by atoms with E-state index in [1.165, 1.54) is 6.92 Å². The van der Waals surface area contributed by atoms with Crippen molar-refractivity contribution in [3.63, 3.8) is 0 Å². The number of benzene rings is 2. The Labute approximate surface area is 185 Å². The van der Waals surface area contributed by atoms with Crippen molar-refractivity contribution in [2.24, 2.45) is 5.92 Å². The molecule has 2 aromatic rings. The molecule has 0 radical (unpaired) electrons. The van der Waals surface area contributed by atoms with Gasteiger partial charge in [0.05, 0.1) is 15.6 Å². The van der Waals surface area contributed by atoms with Crippen molar-refractivity contribution in [3.8, 4) is 0 Å². The summed E-state index contributed by atoms with van der Waals surface area (Å²) >= 11 is 12.1. The molecule has 2 aromatic carbocycles. The quantitative estimate of drug-likeness (QED) is 0.562. The molecule has 30 heavy (non-hydrogen) atoms. The lowest BCUT2D eigenvalue weighted by Crippen LogP contribution is -2.30. The van der Waals surface area contributed by atoms with Gasteiger partial charge in [0.15, 0.2) is 6.10 Å². The maximum absolute atomic E-state index is 12.5. The van der Waals surface area contributed by atoms with Crippen LogP contribution in [0.1, 0.15) is 31.1 Å². The number of carbonyl (C=O) groups is 2. The molecule has 162 valence electrons. The minimum Gasteiger partial charge on any atom is -0.449 e. The average molecular weight is 473 g/mol. The van der Waals surface area contributed by atoms with Gasteiger partial charge in [-0.3, -0.25) is 4.79 Å². The highest BCUT2D eigenvalue weighted by Gasteiger charge is 2.25. The highest BCUT2D eigenvalue weighted by molar-refractivity contribution is 7.89. The average Bonchev–Trinajstić information content (AvgIpc) is 2.66. The standard InChI is InChI=1S/C20H22Cl2N2O5S/c1-12(2)11-23-30(27,28)18-9-15(16(21)10-17(18)22)20(26)29-13(3)19(25)24-14-7-5-4-6-8-14/h4-10,12-13,23H,11H2,1-3H3,(H,24,25)/t13-/m0/s1. The van der Waals surface area contributed by atoms with Gasteiger partial charge in [-0.2, -0.15) is 0 Å². The van der Waals surface area contributed by atoms with Crippen molar-refractivity contribution >= 4 is 50.8 Å². The zero-order valence-corrected chi connectivity index (χ0v) is 18.9. The maximum atomic E-state index is 12.5. The topological polar surface area (TPSA) is 102 Å². The van der Waals surface area contributed by atoms with E-state index >= 15 is 0 Å². The first-order chi connectivity index (χ1) is 14.0. The smallest absolute Gasteiger partial charge is 0.340 e. The first kappa shape index (κ1) is 24.1. The van der Waals surface area contributed by atoms with Crippen LogP contribution in [-0.2, 0) is 19.6 Å². The largest absolute Gasteiger partial charge is 0.449 e. The first-order valence-electron chi connectivity index (χ1n) is 9.07. The molecule has 1 amide bonds. The fraction of sp³-hybridized carbons (Fsp3) is 0.300. The van der Waals surface area contributed by atoms with Gasteiger partial charge in [0.1, 0.15) is 4.90 Å². The Hall–Kier alpha value is -2.13. The van der Waals surface area contributed by atoms with Crippen LogP contribution in [0.25, 0.3) is 0 Å². The molecule has 0 aliphatic carbocycles. The first-order valence-corrected chi connectivity index (χ1v) is 11.3. The Morgan fingerprint density at radius 1 is 1.03 bits per heavy atom. The highest BCUT2D eigenvalue weighted by atomic mass is 35.5. The summed E-state index contributed by atoms with van der Waals surface area (Å²) in [5.41, 5.74) is 0.324. The lowest BCUT2D eigenvalue weighted by Gasteiger charge is -2.15. The van der Waals surface area contributed by atoms with Gasteiger partial charge in [-0.1, -0.05) is 55.2 Å².